The Kier molecular flexibility index (Phi) is 5.60. The minimum atomic E-state index is -0.795. The Balaban J connectivity index is 1.71. The smallest absolute Gasteiger partial charge is 0.308 e. The van der Waals surface area contributed by atoms with Crippen molar-refractivity contribution < 1.29 is 14.7 Å². The number of thiophene rings is 1. The van der Waals surface area contributed by atoms with Gasteiger partial charge in [0.05, 0.1) is 9.70 Å². The minimum Gasteiger partial charge on any atom is -0.481 e. The van der Waals surface area contributed by atoms with E-state index in [1.807, 2.05) is 6.07 Å². The van der Waals surface area contributed by atoms with Gasteiger partial charge >= 0.3 is 5.97 Å². The third-order valence-corrected chi connectivity index (χ3v) is 5.32. The molecule has 2 N–H and O–H groups in total. The number of halogens is 1. The Morgan fingerprint density at radius 3 is 2.85 bits per heavy atom. The largest absolute Gasteiger partial charge is 0.481 e. The van der Waals surface area contributed by atoms with Crippen molar-refractivity contribution in [1.29, 1.82) is 0 Å². The van der Waals surface area contributed by atoms with Crippen LogP contribution < -0.4 is 5.32 Å². The normalized spacial score (nSPS) is 21.9. The number of carbonyl (C=O) groups excluding carboxylic acids is 1. The molecule has 0 aromatic carbocycles. The monoisotopic (exact) mass is 359 g/mol. The molecule has 0 saturated heterocycles. The van der Waals surface area contributed by atoms with Crippen molar-refractivity contribution >= 4 is 39.1 Å². The van der Waals surface area contributed by atoms with Gasteiger partial charge in [0.2, 0.25) is 5.91 Å². The fourth-order valence-electron chi connectivity index (χ4n) is 2.62. The van der Waals surface area contributed by atoms with Crippen molar-refractivity contribution in [2.24, 2.45) is 5.92 Å². The highest BCUT2D eigenvalue weighted by Gasteiger charge is 2.33. The zero-order valence-corrected chi connectivity index (χ0v) is 13.5. The van der Waals surface area contributed by atoms with Gasteiger partial charge in [-0.2, -0.15) is 0 Å². The van der Waals surface area contributed by atoms with E-state index in [-0.39, 0.29) is 11.9 Å². The third-order valence-electron chi connectivity index (χ3n) is 3.64. The number of rotatable bonds is 6. The fourth-order valence-corrected chi connectivity index (χ4v) is 4.14. The van der Waals surface area contributed by atoms with Crippen LogP contribution in [-0.4, -0.2) is 23.0 Å². The first-order chi connectivity index (χ1) is 9.56. The molecule has 1 aliphatic carbocycles. The van der Waals surface area contributed by atoms with Crippen molar-refractivity contribution in [3.8, 4) is 0 Å². The van der Waals surface area contributed by atoms with Gasteiger partial charge in [0.1, 0.15) is 0 Å². The van der Waals surface area contributed by atoms with Crippen LogP contribution >= 0.6 is 27.3 Å². The lowest BCUT2D eigenvalue weighted by Gasteiger charge is -2.17. The SMILES string of the molecule is O=C(CCCc1ccc(Br)s1)N[C@H]1CCC[C@H]1C(=O)O. The summed E-state index contributed by atoms with van der Waals surface area (Å²) in [5, 5.41) is 11.9. The summed E-state index contributed by atoms with van der Waals surface area (Å²) in [5.74, 6) is -1.23. The summed E-state index contributed by atoms with van der Waals surface area (Å²) in [6.07, 6.45) is 4.47. The van der Waals surface area contributed by atoms with Gasteiger partial charge in [-0.25, -0.2) is 0 Å². The topological polar surface area (TPSA) is 66.4 Å². The van der Waals surface area contributed by atoms with Gasteiger partial charge in [-0.1, -0.05) is 6.42 Å². The molecular formula is C14H18BrNO3S. The van der Waals surface area contributed by atoms with Crippen molar-refractivity contribution in [3.63, 3.8) is 0 Å². The number of carboxylic acid groups (broad SMARTS) is 1. The van der Waals surface area contributed by atoms with Crippen LogP contribution in [0.4, 0.5) is 0 Å². The Labute approximate surface area is 130 Å². The number of hydrogen-bond donors (Lipinski definition) is 2. The van der Waals surface area contributed by atoms with E-state index in [0.717, 1.165) is 29.5 Å². The summed E-state index contributed by atoms with van der Waals surface area (Å²) < 4.78 is 1.10. The lowest BCUT2D eigenvalue weighted by molar-refractivity contribution is -0.142. The molecule has 1 aromatic rings. The molecule has 0 aliphatic heterocycles. The molecule has 0 radical (unpaired) electrons. The number of amides is 1. The van der Waals surface area contributed by atoms with Gasteiger partial charge in [-0.15, -0.1) is 11.3 Å². The van der Waals surface area contributed by atoms with Gasteiger partial charge in [0.15, 0.2) is 0 Å². The predicted octanol–water partition coefficient (Wildman–Crippen LogP) is 3.20. The summed E-state index contributed by atoms with van der Waals surface area (Å²) in [7, 11) is 0. The first-order valence-corrected chi connectivity index (χ1v) is 8.43. The second-order valence-electron chi connectivity index (χ2n) is 5.11. The average Bonchev–Trinajstić information content (AvgIpc) is 2.98. The Morgan fingerprint density at radius 1 is 1.40 bits per heavy atom. The molecule has 110 valence electrons. The number of aryl methyl sites for hydroxylation is 1. The zero-order valence-electron chi connectivity index (χ0n) is 11.1. The highest BCUT2D eigenvalue weighted by Crippen LogP contribution is 2.26. The van der Waals surface area contributed by atoms with Gasteiger partial charge in [0.25, 0.3) is 0 Å². The zero-order chi connectivity index (χ0) is 14.5. The first kappa shape index (κ1) is 15.5. The number of carbonyl (C=O) groups is 2. The van der Waals surface area contributed by atoms with Crippen molar-refractivity contribution in [2.75, 3.05) is 0 Å². The van der Waals surface area contributed by atoms with Crippen molar-refractivity contribution in [1.82, 2.24) is 5.32 Å². The molecule has 2 atom stereocenters. The summed E-state index contributed by atoms with van der Waals surface area (Å²) in [5.41, 5.74) is 0. The Bertz CT molecular complexity index is 489. The molecule has 20 heavy (non-hydrogen) atoms. The summed E-state index contributed by atoms with van der Waals surface area (Å²) >= 11 is 5.10. The maximum atomic E-state index is 11.9. The second kappa shape index (κ2) is 7.22. The van der Waals surface area contributed by atoms with Gasteiger partial charge < -0.3 is 10.4 Å². The quantitative estimate of drug-likeness (QED) is 0.819. The summed E-state index contributed by atoms with van der Waals surface area (Å²) in [6.45, 7) is 0. The third kappa shape index (κ3) is 4.31. The van der Waals surface area contributed by atoms with Crippen LogP contribution in [0.25, 0.3) is 0 Å². The van der Waals surface area contributed by atoms with Crippen LogP contribution in [0.2, 0.25) is 0 Å². The van der Waals surface area contributed by atoms with E-state index >= 15 is 0 Å². The minimum absolute atomic E-state index is 0.0289. The molecule has 0 unspecified atom stereocenters. The molecule has 0 spiro atoms. The molecule has 1 aromatic heterocycles. The number of hydrogen-bond acceptors (Lipinski definition) is 3. The maximum absolute atomic E-state index is 11.9. The van der Waals surface area contributed by atoms with Crippen LogP contribution in [-0.2, 0) is 16.0 Å². The van der Waals surface area contributed by atoms with E-state index in [0.29, 0.717) is 12.8 Å². The molecule has 1 saturated carbocycles. The predicted molar refractivity (Wildman–Crippen MR) is 81.9 cm³/mol. The summed E-state index contributed by atoms with van der Waals surface area (Å²) in [4.78, 5) is 24.2. The molecular weight excluding hydrogens is 342 g/mol. The van der Waals surface area contributed by atoms with Crippen LogP contribution in [0, 0.1) is 5.92 Å². The molecule has 1 fully saturated rings. The van der Waals surface area contributed by atoms with E-state index in [2.05, 4.69) is 27.3 Å². The second-order valence-corrected chi connectivity index (χ2v) is 7.66. The maximum Gasteiger partial charge on any atom is 0.308 e. The van der Waals surface area contributed by atoms with Gasteiger partial charge in [-0.05, 0) is 53.7 Å². The lowest BCUT2D eigenvalue weighted by Crippen LogP contribution is -2.40. The molecule has 1 heterocycles. The van der Waals surface area contributed by atoms with Crippen LogP contribution in [0.15, 0.2) is 15.9 Å². The van der Waals surface area contributed by atoms with Crippen molar-refractivity contribution in [2.45, 2.75) is 44.6 Å². The number of aliphatic carboxylic acids is 1. The number of carboxylic acids is 1. The van der Waals surface area contributed by atoms with Crippen LogP contribution in [0.3, 0.4) is 0 Å². The summed E-state index contributed by atoms with van der Waals surface area (Å²) in [6, 6.07) is 3.89. The molecule has 1 amide bonds. The molecule has 6 heteroatoms. The highest BCUT2D eigenvalue weighted by molar-refractivity contribution is 9.11. The Morgan fingerprint density at radius 2 is 2.20 bits per heavy atom. The lowest BCUT2D eigenvalue weighted by atomic mass is 10.0. The van der Waals surface area contributed by atoms with E-state index in [9.17, 15) is 9.59 Å². The molecule has 1 aliphatic rings. The van der Waals surface area contributed by atoms with Crippen LogP contribution in [0.1, 0.15) is 37.0 Å². The highest BCUT2D eigenvalue weighted by atomic mass is 79.9. The van der Waals surface area contributed by atoms with E-state index in [1.54, 1.807) is 11.3 Å². The van der Waals surface area contributed by atoms with Gasteiger partial charge in [-0.3, -0.25) is 9.59 Å². The van der Waals surface area contributed by atoms with Crippen molar-refractivity contribution in [3.05, 3.63) is 20.8 Å². The number of nitrogens with one attached hydrogen (secondary N) is 1. The van der Waals surface area contributed by atoms with E-state index < -0.39 is 11.9 Å². The van der Waals surface area contributed by atoms with E-state index in [1.165, 1.54) is 4.88 Å². The van der Waals surface area contributed by atoms with Crippen LogP contribution in [0.5, 0.6) is 0 Å². The fraction of sp³-hybridized carbons (Fsp3) is 0.571. The molecule has 0 bridgehead atoms. The molecule has 2 rings (SSSR count). The standard InChI is InChI=1S/C14H18BrNO3S/c15-12-8-7-9(20-12)3-1-6-13(17)16-11-5-2-4-10(11)14(18)19/h7-8,10-11H,1-6H2,(H,16,17)(H,18,19)/t10-,11+/m1/s1. The first-order valence-electron chi connectivity index (χ1n) is 6.82. The average molecular weight is 360 g/mol. The van der Waals surface area contributed by atoms with E-state index in [4.69, 9.17) is 5.11 Å². The molecule has 4 nitrogen and oxygen atoms in total. The van der Waals surface area contributed by atoms with Gasteiger partial charge in [0, 0.05) is 17.3 Å². The Hall–Kier alpha value is -0.880.